The summed E-state index contributed by atoms with van der Waals surface area (Å²) < 4.78 is 5.74. The van der Waals surface area contributed by atoms with Gasteiger partial charge in [-0.3, -0.25) is 4.79 Å². The smallest absolute Gasteiger partial charge is 0.239 e. The first-order chi connectivity index (χ1) is 15.3. The second-order valence-electron chi connectivity index (χ2n) is 8.70. The van der Waals surface area contributed by atoms with Crippen molar-refractivity contribution in [2.75, 3.05) is 49.2 Å². The Morgan fingerprint density at radius 2 is 2.23 bits per heavy atom. The highest BCUT2D eigenvalue weighted by molar-refractivity contribution is 5.94. The van der Waals surface area contributed by atoms with Gasteiger partial charge in [0.1, 0.15) is 0 Å². The number of H-pyrrole nitrogens is 1. The van der Waals surface area contributed by atoms with E-state index in [4.69, 9.17) is 14.7 Å². The van der Waals surface area contributed by atoms with Crippen molar-refractivity contribution in [2.45, 2.75) is 18.9 Å². The highest BCUT2D eigenvalue weighted by Gasteiger charge is 2.35. The van der Waals surface area contributed by atoms with Crippen molar-refractivity contribution in [2.24, 2.45) is 5.92 Å². The van der Waals surface area contributed by atoms with Gasteiger partial charge < -0.3 is 24.8 Å². The summed E-state index contributed by atoms with van der Waals surface area (Å²) in [7, 11) is 0. The zero-order chi connectivity index (χ0) is 20.8. The van der Waals surface area contributed by atoms with Crippen molar-refractivity contribution in [3.05, 3.63) is 36.7 Å². The number of ether oxygens (including phenoxy) is 1. The van der Waals surface area contributed by atoms with Crippen LogP contribution in [-0.4, -0.2) is 66.3 Å². The summed E-state index contributed by atoms with van der Waals surface area (Å²) in [5.74, 6) is 2.33. The second-order valence-corrected chi connectivity index (χ2v) is 8.70. The van der Waals surface area contributed by atoms with Crippen LogP contribution in [0.25, 0.3) is 22.3 Å². The normalized spacial score (nSPS) is 20.5. The summed E-state index contributed by atoms with van der Waals surface area (Å²) in [6.45, 7) is 3.97. The molecule has 2 N–H and O–H groups in total. The molecule has 8 nitrogen and oxygen atoms in total. The molecular formula is C23H26N6O2. The zero-order valence-corrected chi connectivity index (χ0v) is 17.4. The van der Waals surface area contributed by atoms with Crippen molar-refractivity contribution < 1.29 is 9.53 Å². The van der Waals surface area contributed by atoms with Gasteiger partial charge in [0.05, 0.1) is 37.7 Å². The van der Waals surface area contributed by atoms with Crippen molar-refractivity contribution in [3.63, 3.8) is 0 Å². The highest BCUT2D eigenvalue weighted by atomic mass is 16.5. The lowest BCUT2D eigenvalue weighted by atomic mass is 10.1. The van der Waals surface area contributed by atoms with Crippen LogP contribution in [0, 0.1) is 5.92 Å². The van der Waals surface area contributed by atoms with E-state index < -0.39 is 0 Å². The molecule has 1 amide bonds. The summed E-state index contributed by atoms with van der Waals surface area (Å²) in [4.78, 5) is 30.0. The fourth-order valence-corrected chi connectivity index (χ4v) is 4.61. The van der Waals surface area contributed by atoms with Gasteiger partial charge in [-0.05, 0) is 30.9 Å². The summed E-state index contributed by atoms with van der Waals surface area (Å²) in [5, 5.41) is 4.18. The lowest BCUT2D eigenvalue weighted by Gasteiger charge is -2.45. The van der Waals surface area contributed by atoms with Gasteiger partial charge in [-0.1, -0.05) is 12.1 Å². The molecular weight excluding hydrogens is 392 g/mol. The quantitative estimate of drug-likeness (QED) is 0.661. The molecule has 2 aromatic heterocycles. The number of hydrogen-bond donors (Lipinski definition) is 2. The van der Waals surface area contributed by atoms with Crippen LogP contribution in [0.4, 0.5) is 11.5 Å². The molecule has 1 saturated carbocycles. The van der Waals surface area contributed by atoms with Crippen LogP contribution in [0.2, 0.25) is 0 Å². The molecule has 0 spiro atoms. The van der Waals surface area contributed by atoms with Crippen LogP contribution < -0.4 is 15.1 Å². The molecule has 2 fully saturated rings. The molecule has 1 aromatic carbocycles. The standard InChI is InChI=1S/C23H26N6O2/c30-21(25-10-15-4-5-15)13-28-12-16-14-31-9-8-29(16)23-20(28)11-26-22(27-23)18-2-1-3-19-17(18)6-7-24-19/h1-3,6-7,11,15-16,24H,4-5,8-10,12-14H2,(H,25,30)/t16-/m1/s1. The molecule has 3 aliphatic rings. The summed E-state index contributed by atoms with van der Waals surface area (Å²) in [6, 6.07) is 8.37. The lowest BCUT2D eigenvalue weighted by molar-refractivity contribution is -0.119. The Labute approximate surface area is 180 Å². The summed E-state index contributed by atoms with van der Waals surface area (Å²) in [5.41, 5.74) is 2.99. The minimum absolute atomic E-state index is 0.0594. The lowest BCUT2D eigenvalue weighted by Crippen LogP contribution is -2.57. The van der Waals surface area contributed by atoms with Gasteiger partial charge in [-0.25, -0.2) is 9.97 Å². The predicted molar refractivity (Wildman–Crippen MR) is 119 cm³/mol. The maximum atomic E-state index is 12.6. The number of rotatable bonds is 5. The van der Waals surface area contributed by atoms with Crippen molar-refractivity contribution in [1.29, 1.82) is 0 Å². The number of benzene rings is 1. The average Bonchev–Trinajstić information content (AvgIpc) is 3.51. The predicted octanol–water partition coefficient (Wildman–Crippen LogP) is 2.18. The van der Waals surface area contributed by atoms with Gasteiger partial charge in [0.25, 0.3) is 0 Å². The van der Waals surface area contributed by atoms with E-state index in [1.54, 1.807) is 0 Å². The number of nitrogens with one attached hydrogen (secondary N) is 2. The molecule has 160 valence electrons. The van der Waals surface area contributed by atoms with Crippen LogP contribution in [0.1, 0.15) is 12.8 Å². The van der Waals surface area contributed by atoms with Gasteiger partial charge in [0.15, 0.2) is 11.6 Å². The number of anilines is 2. The third-order valence-corrected chi connectivity index (χ3v) is 6.48. The fourth-order valence-electron chi connectivity index (χ4n) is 4.61. The maximum absolute atomic E-state index is 12.6. The van der Waals surface area contributed by atoms with Crippen molar-refractivity contribution in [1.82, 2.24) is 20.3 Å². The second kappa shape index (κ2) is 7.53. The van der Waals surface area contributed by atoms with E-state index in [1.165, 1.54) is 12.8 Å². The Bertz CT molecular complexity index is 1120. The topological polar surface area (TPSA) is 86.4 Å². The molecule has 0 radical (unpaired) electrons. The van der Waals surface area contributed by atoms with Gasteiger partial charge in [-0.15, -0.1) is 0 Å². The van der Waals surface area contributed by atoms with Crippen LogP contribution in [0.5, 0.6) is 0 Å². The number of aromatic nitrogens is 3. The molecule has 0 unspecified atom stereocenters. The van der Waals surface area contributed by atoms with E-state index in [1.807, 2.05) is 18.5 Å². The van der Waals surface area contributed by atoms with Gasteiger partial charge in [-0.2, -0.15) is 0 Å². The summed E-state index contributed by atoms with van der Waals surface area (Å²) >= 11 is 0. The molecule has 31 heavy (non-hydrogen) atoms. The van der Waals surface area contributed by atoms with Crippen LogP contribution in [0.15, 0.2) is 36.7 Å². The first-order valence-corrected chi connectivity index (χ1v) is 11.1. The number of nitrogens with zero attached hydrogens (tertiary/aromatic N) is 4. The van der Waals surface area contributed by atoms with Crippen molar-refractivity contribution in [3.8, 4) is 11.4 Å². The number of carbonyl (C=O) groups excluding carboxylic acids is 1. The third-order valence-electron chi connectivity index (χ3n) is 6.48. The fraction of sp³-hybridized carbons (Fsp3) is 0.435. The number of hydrogen-bond acceptors (Lipinski definition) is 6. The molecule has 6 rings (SSSR count). The monoisotopic (exact) mass is 418 g/mol. The number of carbonyl (C=O) groups is 1. The van der Waals surface area contributed by atoms with Crippen LogP contribution >= 0.6 is 0 Å². The number of fused-ring (bicyclic) bond motifs is 4. The zero-order valence-electron chi connectivity index (χ0n) is 17.4. The maximum Gasteiger partial charge on any atom is 0.239 e. The van der Waals surface area contributed by atoms with E-state index >= 15 is 0 Å². The molecule has 1 aliphatic carbocycles. The largest absolute Gasteiger partial charge is 0.377 e. The van der Waals surface area contributed by atoms with E-state index in [9.17, 15) is 4.79 Å². The van der Waals surface area contributed by atoms with E-state index in [0.717, 1.165) is 47.6 Å². The molecule has 2 aliphatic heterocycles. The highest BCUT2D eigenvalue weighted by Crippen LogP contribution is 2.37. The number of amides is 1. The van der Waals surface area contributed by atoms with Crippen LogP contribution in [-0.2, 0) is 9.53 Å². The van der Waals surface area contributed by atoms with E-state index in [2.05, 4.69) is 38.3 Å². The Hall–Kier alpha value is -3.13. The van der Waals surface area contributed by atoms with Gasteiger partial charge in [0, 0.05) is 42.3 Å². The average molecular weight is 419 g/mol. The molecule has 3 aromatic rings. The van der Waals surface area contributed by atoms with Crippen molar-refractivity contribution >= 4 is 28.3 Å². The Morgan fingerprint density at radius 3 is 3.13 bits per heavy atom. The van der Waals surface area contributed by atoms with Crippen LogP contribution in [0.3, 0.4) is 0 Å². The SMILES string of the molecule is O=C(CN1C[C@@H]2COCCN2c2nc(-c3cccc4[nH]ccc34)ncc21)NCC1CC1. The van der Waals surface area contributed by atoms with Gasteiger partial charge in [0.2, 0.25) is 5.91 Å². The Balaban J connectivity index is 1.35. The van der Waals surface area contributed by atoms with E-state index in [0.29, 0.717) is 31.5 Å². The molecule has 1 saturated heterocycles. The Morgan fingerprint density at radius 1 is 1.29 bits per heavy atom. The molecule has 8 heteroatoms. The summed E-state index contributed by atoms with van der Waals surface area (Å²) in [6.07, 6.45) is 6.27. The molecule has 0 bridgehead atoms. The third kappa shape index (κ3) is 3.50. The minimum atomic E-state index is 0.0594. The first-order valence-electron chi connectivity index (χ1n) is 11.1. The first kappa shape index (κ1) is 18.6. The van der Waals surface area contributed by atoms with Gasteiger partial charge >= 0.3 is 0 Å². The number of aromatic amines is 1. The molecule has 1 atom stereocenters. The van der Waals surface area contributed by atoms with E-state index in [-0.39, 0.29) is 11.9 Å². The number of morpholine rings is 1. The Kier molecular flexibility index (Phi) is 4.52. The molecule has 4 heterocycles. The minimum Gasteiger partial charge on any atom is -0.377 e.